The lowest BCUT2D eigenvalue weighted by atomic mass is 9.87. The van der Waals surface area contributed by atoms with Gasteiger partial charge in [-0.25, -0.2) is 0 Å². The van der Waals surface area contributed by atoms with Crippen molar-refractivity contribution in [2.45, 2.75) is 25.3 Å². The molecule has 3 aromatic heterocycles. The Morgan fingerprint density at radius 3 is 2.81 bits per heavy atom. The van der Waals surface area contributed by atoms with Crippen LogP contribution in [0.5, 0.6) is 0 Å². The third kappa shape index (κ3) is 2.99. The van der Waals surface area contributed by atoms with Crippen molar-refractivity contribution >= 4 is 27.6 Å². The standard InChI is InChI=1S/C26H23N5O/c1-30-13-9-18-10-14-31(26(32)25(18)30)23-16-19(15-22-24(23)28-12-11-27-22)29-21-8-4-6-17-5-2-3-7-20(17)21/h2-3,5,7,9-16,21,29H,4,6,8H2,1H3/t21-/m1/s1. The molecule has 32 heavy (non-hydrogen) atoms. The topological polar surface area (TPSA) is 64.7 Å². The lowest BCUT2D eigenvalue weighted by Crippen LogP contribution is -2.21. The van der Waals surface area contributed by atoms with Crippen LogP contribution in [-0.2, 0) is 13.5 Å². The van der Waals surface area contributed by atoms with Crippen LogP contribution < -0.4 is 10.9 Å². The van der Waals surface area contributed by atoms with E-state index in [0.29, 0.717) is 11.0 Å². The average Bonchev–Trinajstić information content (AvgIpc) is 3.21. The molecule has 3 heterocycles. The minimum atomic E-state index is -0.0675. The molecule has 2 aromatic carbocycles. The highest BCUT2D eigenvalue weighted by Gasteiger charge is 2.20. The van der Waals surface area contributed by atoms with E-state index in [0.717, 1.165) is 41.5 Å². The number of hydrogen-bond donors (Lipinski definition) is 1. The normalized spacial score (nSPS) is 15.7. The van der Waals surface area contributed by atoms with Crippen molar-refractivity contribution < 1.29 is 0 Å². The fraction of sp³-hybridized carbons (Fsp3) is 0.192. The Bertz CT molecular complexity index is 1530. The van der Waals surface area contributed by atoms with Gasteiger partial charge in [0.2, 0.25) is 0 Å². The van der Waals surface area contributed by atoms with Gasteiger partial charge in [-0.3, -0.25) is 19.3 Å². The van der Waals surface area contributed by atoms with Crippen LogP contribution in [0, 0.1) is 0 Å². The monoisotopic (exact) mass is 421 g/mol. The van der Waals surface area contributed by atoms with Crippen molar-refractivity contribution in [3.63, 3.8) is 0 Å². The van der Waals surface area contributed by atoms with Crippen LogP contribution in [0.25, 0.3) is 27.6 Å². The van der Waals surface area contributed by atoms with Gasteiger partial charge in [0.25, 0.3) is 5.56 Å². The molecule has 0 saturated carbocycles. The Morgan fingerprint density at radius 2 is 1.88 bits per heavy atom. The van der Waals surface area contributed by atoms with E-state index in [-0.39, 0.29) is 11.6 Å². The minimum Gasteiger partial charge on any atom is -0.378 e. The van der Waals surface area contributed by atoms with Crippen molar-refractivity contribution in [2.24, 2.45) is 7.05 Å². The average molecular weight is 422 g/mol. The molecule has 6 nitrogen and oxygen atoms in total. The van der Waals surface area contributed by atoms with Gasteiger partial charge in [0.15, 0.2) is 0 Å². The summed E-state index contributed by atoms with van der Waals surface area (Å²) in [4.78, 5) is 22.5. The van der Waals surface area contributed by atoms with Crippen LogP contribution in [-0.4, -0.2) is 19.1 Å². The zero-order valence-electron chi connectivity index (χ0n) is 17.8. The Morgan fingerprint density at radius 1 is 1.03 bits per heavy atom. The largest absolute Gasteiger partial charge is 0.378 e. The van der Waals surface area contributed by atoms with Crippen LogP contribution in [0.2, 0.25) is 0 Å². The van der Waals surface area contributed by atoms with Gasteiger partial charge in [-0.1, -0.05) is 24.3 Å². The number of pyridine rings is 1. The van der Waals surface area contributed by atoms with E-state index in [1.165, 1.54) is 11.1 Å². The molecule has 1 aliphatic rings. The van der Waals surface area contributed by atoms with E-state index in [2.05, 4.69) is 39.6 Å². The Labute approximate surface area is 185 Å². The molecule has 1 atom stereocenters. The molecule has 6 heteroatoms. The molecule has 0 radical (unpaired) electrons. The molecule has 0 fully saturated rings. The Balaban J connectivity index is 1.51. The molecular weight excluding hydrogens is 398 g/mol. The first-order valence-corrected chi connectivity index (χ1v) is 11.0. The summed E-state index contributed by atoms with van der Waals surface area (Å²) in [7, 11) is 1.89. The summed E-state index contributed by atoms with van der Waals surface area (Å²) in [5, 5.41) is 4.64. The summed E-state index contributed by atoms with van der Waals surface area (Å²) in [6, 6.07) is 16.8. The fourth-order valence-corrected chi connectivity index (χ4v) is 4.91. The van der Waals surface area contributed by atoms with Gasteiger partial charge in [0, 0.05) is 42.9 Å². The predicted molar refractivity (Wildman–Crippen MR) is 127 cm³/mol. The SMILES string of the molecule is Cn1ccc2ccn(-c3cc(N[C@@H]4CCCc5ccccc54)cc4nccnc34)c(=O)c21. The van der Waals surface area contributed by atoms with Crippen molar-refractivity contribution in [3.05, 3.63) is 94.8 Å². The molecule has 5 aromatic rings. The predicted octanol–water partition coefficient (Wildman–Crippen LogP) is 4.76. The highest BCUT2D eigenvalue weighted by atomic mass is 16.1. The second-order valence-corrected chi connectivity index (χ2v) is 8.43. The first-order valence-electron chi connectivity index (χ1n) is 11.0. The number of anilines is 1. The van der Waals surface area contributed by atoms with E-state index in [1.807, 2.05) is 48.3 Å². The van der Waals surface area contributed by atoms with E-state index >= 15 is 0 Å². The zero-order chi connectivity index (χ0) is 21.7. The summed E-state index contributed by atoms with van der Waals surface area (Å²) >= 11 is 0. The molecular formula is C26H23N5O. The number of rotatable bonds is 3. The highest BCUT2D eigenvalue weighted by Crippen LogP contribution is 2.34. The van der Waals surface area contributed by atoms with Crippen LogP contribution in [0.1, 0.15) is 30.0 Å². The van der Waals surface area contributed by atoms with E-state index < -0.39 is 0 Å². The minimum absolute atomic E-state index is 0.0675. The molecule has 6 rings (SSSR count). The van der Waals surface area contributed by atoms with Gasteiger partial charge in [-0.05, 0) is 54.7 Å². The van der Waals surface area contributed by atoms with Gasteiger partial charge in [-0.15, -0.1) is 0 Å². The highest BCUT2D eigenvalue weighted by molar-refractivity contribution is 5.88. The summed E-state index contributed by atoms with van der Waals surface area (Å²) < 4.78 is 3.54. The third-order valence-electron chi connectivity index (χ3n) is 6.45. The lowest BCUT2D eigenvalue weighted by Gasteiger charge is -2.27. The molecule has 158 valence electrons. The van der Waals surface area contributed by atoms with Crippen LogP contribution in [0.4, 0.5) is 5.69 Å². The van der Waals surface area contributed by atoms with E-state index in [4.69, 9.17) is 0 Å². The summed E-state index contributed by atoms with van der Waals surface area (Å²) in [6.07, 6.45) is 10.4. The molecule has 0 unspecified atom stereocenters. The quantitative estimate of drug-likeness (QED) is 0.456. The lowest BCUT2D eigenvalue weighted by molar-refractivity contribution is 0.600. The fourth-order valence-electron chi connectivity index (χ4n) is 4.91. The summed E-state index contributed by atoms with van der Waals surface area (Å²) in [5.41, 5.74) is 6.49. The van der Waals surface area contributed by atoms with Gasteiger partial charge < -0.3 is 9.88 Å². The van der Waals surface area contributed by atoms with Crippen molar-refractivity contribution in [1.29, 1.82) is 0 Å². The van der Waals surface area contributed by atoms with Crippen molar-refractivity contribution in [1.82, 2.24) is 19.1 Å². The van der Waals surface area contributed by atoms with Gasteiger partial charge in [0.05, 0.1) is 17.2 Å². The Kier molecular flexibility index (Phi) is 4.31. The third-order valence-corrected chi connectivity index (χ3v) is 6.45. The molecule has 0 bridgehead atoms. The molecule has 0 amide bonds. The smallest absolute Gasteiger partial charge is 0.279 e. The van der Waals surface area contributed by atoms with E-state index in [9.17, 15) is 4.79 Å². The number of nitrogens with zero attached hydrogens (tertiary/aromatic N) is 4. The van der Waals surface area contributed by atoms with Gasteiger partial charge in [-0.2, -0.15) is 0 Å². The zero-order valence-corrected chi connectivity index (χ0v) is 17.8. The van der Waals surface area contributed by atoms with E-state index in [1.54, 1.807) is 17.0 Å². The number of benzene rings is 2. The van der Waals surface area contributed by atoms with Crippen molar-refractivity contribution in [2.75, 3.05) is 5.32 Å². The maximum absolute atomic E-state index is 13.4. The number of nitrogens with one attached hydrogen (secondary N) is 1. The molecule has 0 aliphatic heterocycles. The molecule has 1 aliphatic carbocycles. The number of fused-ring (bicyclic) bond motifs is 3. The summed E-state index contributed by atoms with van der Waals surface area (Å²) in [6.45, 7) is 0. The second kappa shape index (κ2) is 7.34. The first-order chi connectivity index (χ1) is 15.7. The second-order valence-electron chi connectivity index (χ2n) is 8.43. The Hall–Kier alpha value is -3.93. The van der Waals surface area contributed by atoms with Crippen LogP contribution in [0.15, 0.2) is 78.1 Å². The molecule has 1 N–H and O–H groups in total. The maximum Gasteiger partial charge on any atom is 0.279 e. The van der Waals surface area contributed by atoms with Crippen molar-refractivity contribution in [3.8, 4) is 5.69 Å². The van der Waals surface area contributed by atoms with Crippen LogP contribution >= 0.6 is 0 Å². The van der Waals surface area contributed by atoms with Gasteiger partial charge >= 0.3 is 0 Å². The first kappa shape index (κ1) is 18.8. The van der Waals surface area contributed by atoms with Crippen LogP contribution in [0.3, 0.4) is 0 Å². The molecule has 0 saturated heterocycles. The number of aryl methyl sites for hydroxylation is 2. The maximum atomic E-state index is 13.4. The molecule has 0 spiro atoms. The number of hydrogen-bond acceptors (Lipinski definition) is 4. The van der Waals surface area contributed by atoms with Gasteiger partial charge in [0.1, 0.15) is 11.0 Å². The number of aromatic nitrogens is 4. The summed E-state index contributed by atoms with van der Waals surface area (Å²) in [5.74, 6) is 0.